The Morgan fingerprint density at radius 2 is 2.00 bits per heavy atom. The van der Waals surface area contributed by atoms with E-state index in [1.165, 1.54) is 17.2 Å². The summed E-state index contributed by atoms with van der Waals surface area (Å²) in [5.74, 6) is 1.39. The SMILES string of the molecule is CC(C)=C1CC[C@H](C)[C@](C)(COc2ccc3ccc(=O)oc3c2)[C@H]1CCC(=O)N(C)CCO. The molecule has 1 amide bonds. The summed E-state index contributed by atoms with van der Waals surface area (Å²) in [6.45, 7) is 9.70. The largest absolute Gasteiger partial charge is 0.493 e. The Kier molecular flexibility index (Phi) is 8.01. The van der Waals surface area contributed by atoms with Crippen LogP contribution in [0.1, 0.15) is 53.4 Å². The fourth-order valence-electron chi connectivity index (χ4n) is 5.07. The van der Waals surface area contributed by atoms with Crippen molar-refractivity contribution in [3.63, 3.8) is 0 Å². The zero-order chi connectivity index (χ0) is 24.2. The summed E-state index contributed by atoms with van der Waals surface area (Å²) in [4.78, 5) is 25.8. The summed E-state index contributed by atoms with van der Waals surface area (Å²) < 4.78 is 11.6. The number of fused-ring (bicyclic) bond motifs is 1. The summed E-state index contributed by atoms with van der Waals surface area (Å²) in [5.41, 5.74) is 2.74. The Morgan fingerprint density at radius 3 is 2.70 bits per heavy atom. The van der Waals surface area contributed by atoms with Crippen molar-refractivity contribution in [1.82, 2.24) is 4.90 Å². The molecule has 0 aliphatic heterocycles. The Labute approximate surface area is 196 Å². The van der Waals surface area contributed by atoms with E-state index in [0.29, 0.717) is 36.8 Å². The molecule has 0 unspecified atom stereocenters. The van der Waals surface area contributed by atoms with Gasteiger partial charge in [0, 0.05) is 42.9 Å². The van der Waals surface area contributed by atoms with E-state index >= 15 is 0 Å². The van der Waals surface area contributed by atoms with Gasteiger partial charge in [0.1, 0.15) is 11.3 Å². The van der Waals surface area contributed by atoms with Crippen molar-refractivity contribution < 1.29 is 19.1 Å². The molecule has 1 fully saturated rings. The van der Waals surface area contributed by atoms with Crippen molar-refractivity contribution in [1.29, 1.82) is 0 Å². The highest BCUT2D eigenvalue weighted by Crippen LogP contribution is 2.51. The average Bonchev–Trinajstić information content (AvgIpc) is 2.78. The van der Waals surface area contributed by atoms with Gasteiger partial charge in [0.2, 0.25) is 5.91 Å². The van der Waals surface area contributed by atoms with Gasteiger partial charge in [-0.1, -0.05) is 25.0 Å². The second-order valence-corrected chi connectivity index (χ2v) is 9.84. The minimum Gasteiger partial charge on any atom is -0.493 e. The molecule has 1 aliphatic carbocycles. The molecule has 0 saturated heterocycles. The van der Waals surface area contributed by atoms with Crippen LogP contribution in [-0.2, 0) is 4.79 Å². The predicted octanol–water partition coefficient (Wildman–Crippen LogP) is 4.79. The Morgan fingerprint density at radius 1 is 1.27 bits per heavy atom. The van der Waals surface area contributed by atoms with Crippen molar-refractivity contribution in [2.75, 3.05) is 26.8 Å². The minimum atomic E-state index is -0.378. The number of ether oxygens (including phenoxy) is 1. The van der Waals surface area contributed by atoms with Gasteiger partial charge in [0.05, 0.1) is 13.2 Å². The molecule has 33 heavy (non-hydrogen) atoms. The highest BCUT2D eigenvalue weighted by atomic mass is 16.5. The molecule has 3 atom stereocenters. The summed E-state index contributed by atoms with van der Waals surface area (Å²) in [6.07, 6.45) is 3.33. The van der Waals surface area contributed by atoms with Crippen LogP contribution < -0.4 is 10.4 Å². The third-order valence-electron chi connectivity index (χ3n) is 7.48. The number of aliphatic hydroxyl groups excluding tert-OH is 1. The number of aliphatic hydroxyl groups is 1. The van der Waals surface area contributed by atoms with Crippen LogP contribution in [0.25, 0.3) is 11.0 Å². The van der Waals surface area contributed by atoms with Gasteiger partial charge in [-0.05, 0) is 63.1 Å². The summed E-state index contributed by atoms with van der Waals surface area (Å²) >= 11 is 0. The first-order valence-corrected chi connectivity index (χ1v) is 11.8. The molecule has 0 bridgehead atoms. The zero-order valence-electron chi connectivity index (χ0n) is 20.5. The predicted molar refractivity (Wildman–Crippen MR) is 130 cm³/mol. The monoisotopic (exact) mass is 455 g/mol. The first kappa shape index (κ1) is 25.0. The fourth-order valence-corrected chi connectivity index (χ4v) is 5.07. The van der Waals surface area contributed by atoms with Gasteiger partial charge in [0.15, 0.2) is 0 Å². The molecule has 6 heteroatoms. The molecule has 0 spiro atoms. The molecular weight excluding hydrogens is 418 g/mol. The second kappa shape index (κ2) is 10.6. The number of nitrogens with zero attached hydrogens (tertiary/aromatic N) is 1. The van der Waals surface area contributed by atoms with E-state index < -0.39 is 0 Å². The van der Waals surface area contributed by atoms with Gasteiger partial charge in [-0.25, -0.2) is 4.79 Å². The number of allylic oxidation sites excluding steroid dienone is 2. The maximum atomic E-state index is 12.6. The molecule has 1 N–H and O–H groups in total. The summed E-state index contributed by atoms with van der Waals surface area (Å²) in [6, 6.07) is 8.74. The highest BCUT2D eigenvalue weighted by Gasteiger charge is 2.45. The van der Waals surface area contributed by atoms with Crippen LogP contribution in [0.5, 0.6) is 5.75 Å². The van der Waals surface area contributed by atoms with Crippen molar-refractivity contribution >= 4 is 16.9 Å². The van der Waals surface area contributed by atoms with Crippen molar-refractivity contribution in [3.05, 3.63) is 51.9 Å². The van der Waals surface area contributed by atoms with E-state index in [4.69, 9.17) is 14.3 Å². The molecule has 180 valence electrons. The fraction of sp³-hybridized carbons (Fsp3) is 0.556. The number of hydrogen-bond acceptors (Lipinski definition) is 5. The lowest BCUT2D eigenvalue weighted by Gasteiger charge is -2.48. The number of likely N-dealkylation sites (N-methyl/N-ethyl adjacent to an activating group) is 1. The van der Waals surface area contributed by atoms with Crippen LogP contribution in [0.3, 0.4) is 0 Å². The third-order valence-corrected chi connectivity index (χ3v) is 7.48. The van der Waals surface area contributed by atoms with E-state index in [1.807, 2.05) is 12.1 Å². The Hall–Kier alpha value is -2.60. The maximum absolute atomic E-state index is 12.6. The van der Waals surface area contributed by atoms with Gasteiger partial charge >= 0.3 is 5.63 Å². The van der Waals surface area contributed by atoms with E-state index in [-0.39, 0.29) is 29.5 Å². The van der Waals surface area contributed by atoms with Gasteiger partial charge in [-0.3, -0.25) is 4.79 Å². The van der Waals surface area contributed by atoms with Crippen LogP contribution in [0.15, 0.2) is 50.7 Å². The lowest BCUT2D eigenvalue weighted by Crippen LogP contribution is -2.44. The molecule has 6 nitrogen and oxygen atoms in total. The molecule has 3 rings (SSSR count). The quantitative estimate of drug-likeness (QED) is 0.457. The lowest BCUT2D eigenvalue weighted by atomic mass is 9.58. The molecule has 0 radical (unpaired) electrons. The standard InChI is InChI=1S/C27H37NO5/c1-18(2)22-10-6-19(3)27(4,23(22)11-12-25(30)28(5)14-15-29)17-32-21-9-7-20-8-13-26(31)33-24(20)16-21/h7-9,13,16,19,23,29H,6,10-12,14-15,17H2,1-5H3/t19-,23-,27-/m0/s1. The first-order chi connectivity index (χ1) is 15.7. The molecule has 2 aromatic rings. The third kappa shape index (κ3) is 5.67. The van der Waals surface area contributed by atoms with Crippen molar-refractivity contribution in [2.45, 2.75) is 53.4 Å². The number of amides is 1. The smallest absolute Gasteiger partial charge is 0.336 e. The minimum absolute atomic E-state index is 0.0284. The number of carbonyl (C=O) groups excluding carboxylic acids is 1. The van der Waals surface area contributed by atoms with Crippen molar-refractivity contribution in [2.24, 2.45) is 17.3 Å². The van der Waals surface area contributed by atoms with Gasteiger partial charge in [0.25, 0.3) is 0 Å². The molecule has 1 aromatic heterocycles. The Balaban J connectivity index is 1.83. The van der Waals surface area contributed by atoms with Crippen LogP contribution in [0, 0.1) is 17.3 Å². The molecule has 1 saturated carbocycles. The number of rotatable bonds is 8. The van der Waals surface area contributed by atoms with E-state index in [2.05, 4.69) is 27.7 Å². The molecular formula is C27H37NO5. The van der Waals surface area contributed by atoms with E-state index in [1.54, 1.807) is 24.1 Å². The van der Waals surface area contributed by atoms with Crippen LogP contribution in [0.4, 0.5) is 0 Å². The van der Waals surface area contributed by atoms with Crippen molar-refractivity contribution in [3.8, 4) is 5.75 Å². The number of carbonyl (C=O) groups is 1. The topological polar surface area (TPSA) is 80.0 Å². The van der Waals surface area contributed by atoms with E-state index in [0.717, 1.165) is 24.6 Å². The zero-order valence-corrected chi connectivity index (χ0v) is 20.5. The number of hydrogen-bond donors (Lipinski definition) is 1. The van der Waals surface area contributed by atoms with Gasteiger partial charge in [-0.15, -0.1) is 0 Å². The first-order valence-electron chi connectivity index (χ1n) is 11.8. The van der Waals surface area contributed by atoms with Crippen LogP contribution >= 0.6 is 0 Å². The average molecular weight is 456 g/mol. The van der Waals surface area contributed by atoms with Gasteiger partial charge < -0.3 is 19.2 Å². The van der Waals surface area contributed by atoms with Crippen LogP contribution in [0.2, 0.25) is 0 Å². The number of benzene rings is 1. The second-order valence-electron chi connectivity index (χ2n) is 9.84. The molecule has 1 aromatic carbocycles. The van der Waals surface area contributed by atoms with E-state index in [9.17, 15) is 9.59 Å². The highest BCUT2D eigenvalue weighted by molar-refractivity contribution is 5.77. The summed E-state index contributed by atoms with van der Waals surface area (Å²) in [5, 5.41) is 10.0. The molecule has 1 heterocycles. The van der Waals surface area contributed by atoms with Gasteiger partial charge in [-0.2, -0.15) is 0 Å². The lowest BCUT2D eigenvalue weighted by molar-refractivity contribution is -0.131. The Bertz CT molecular complexity index is 1070. The normalized spacial score (nSPS) is 22.9. The molecule has 1 aliphatic rings. The maximum Gasteiger partial charge on any atom is 0.336 e. The summed E-state index contributed by atoms with van der Waals surface area (Å²) in [7, 11) is 1.74. The van der Waals surface area contributed by atoms with Crippen LogP contribution in [-0.4, -0.2) is 42.7 Å².